The summed E-state index contributed by atoms with van der Waals surface area (Å²) in [5, 5.41) is 2.90. The molecule has 1 aliphatic carbocycles. The fourth-order valence-corrected chi connectivity index (χ4v) is 3.84. The molecule has 0 aromatic rings. The molecule has 3 atom stereocenters. The lowest BCUT2D eigenvalue weighted by molar-refractivity contribution is -0.154. The number of carbonyl (C=O) groups excluding carboxylic acids is 2. The zero-order valence-electron chi connectivity index (χ0n) is 13.3. The van der Waals surface area contributed by atoms with Crippen LogP contribution in [0.3, 0.4) is 0 Å². The van der Waals surface area contributed by atoms with E-state index < -0.39 is 0 Å². The van der Waals surface area contributed by atoms with E-state index >= 15 is 0 Å². The summed E-state index contributed by atoms with van der Waals surface area (Å²) < 4.78 is 0. The van der Waals surface area contributed by atoms with Crippen molar-refractivity contribution in [2.45, 2.75) is 70.6 Å². The normalized spacial score (nSPS) is 34.7. The highest BCUT2D eigenvalue weighted by Crippen LogP contribution is 2.33. The number of amides is 2. The first kappa shape index (κ1) is 14.8. The van der Waals surface area contributed by atoms with E-state index in [0.717, 1.165) is 25.6 Å². The number of likely N-dealkylation sites (tertiary alicyclic amines) is 1. The fraction of sp³-hybridized carbons (Fsp3) is 0.875. The second-order valence-corrected chi connectivity index (χ2v) is 7.07. The van der Waals surface area contributed by atoms with Crippen molar-refractivity contribution in [1.82, 2.24) is 15.1 Å². The van der Waals surface area contributed by atoms with Gasteiger partial charge in [0.15, 0.2) is 0 Å². The van der Waals surface area contributed by atoms with Gasteiger partial charge in [0.05, 0.1) is 0 Å². The van der Waals surface area contributed by atoms with Crippen molar-refractivity contribution in [3.63, 3.8) is 0 Å². The summed E-state index contributed by atoms with van der Waals surface area (Å²) in [6.45, 7) is 8.04. The quantitative estimate of drug-likeness (QED) is 0.841. The minimum absolute atomic E-state index is 0.0290. The Hall–Kier alpha value is -1.10. The van der Waals surface area contributed by atoms with Crippen LogP contribution < -0.4 is 5.32 Å². The van der Waals surface area contributed by atoms with Crippen LogP contribution >= 0.6 is 0 Å². The SMILES string of the molecule is CCC1NC(=O)C(C(C)C)N(C2CCN(C3CC3)C2)C1=O. The number of rotatable bonds is 4. The predicted molar refractivity (Wildman–Crippen MR) is 80.7 cm³/mol. The maximum atomic E-state index is 12.8. The Morgan fingerprint density at radius 2 is 1.90 bits per heavy atom. The molecule has 1 N–H and O–H groups in total. The standard InChI is InChI=1S/C16H27N3O2/c1-4-13-16(21)19(14(10(2)3)15(20)17-13)12-7-8-18(9-12)11-5-6-11/h10-14H,4-9H2,1-3H3,(H,17,20). The molecular formula is C16H27N3O2. The van der Waals surface area contributed by atoms with Crippen molar-refractivity contribution in [1.29, 1.82) is 0 Å². The minimum Gasteiger partial charge on any atom is -0.343 e. The molecule has 5 heteroatoms. The molecule has 0 radical (unpaired) electrons. The van der Waals surface area contributed by atoms with E-state index in [9.17, 15) is 9.59 Å². The smallest absolute Gasteiger partial charge is 0.246 e. The van der Waals surface area contributed by atoms with Crippen molar-refractivity contribution in [3.8, 4) is 0 Å². The third-order valence-corrected chi connectivity index (χ3v) is 5.13. The fourth-order valence-electron chi connectivity index (χ4n) is 3.84. The van der Waals surface area contributed by atoms with Crippen molar-refractivity contribution < 1.29 is 9.59 Å². The van der Waals surface area contributed by atoms with Crippen LogP contribution in [-0.4, -0.2) is 58.9 Å². The molecule has 2 aliphatic heterocycles. The van der Waals surface area contributed by atoms with E-state index in [4.69, 9.17) is 0 Å². The molecule has 5 nitrogen and oxygen atoms in total. The molecular weight excluding hydrogens is 266 g/mol. The highest BCUT2D eigenvalue weighted by Gasteiger charge is 2.47. The summed E-state index contributed by atoms with van der Waals surface area (Å²) >= 11 is 0. The van der Waals surface area contributed by atoms with Crippen LogP contribution in [0.2, 0.25) is 0 Å². The molecule has 2 amide bonds. The Kier molecular flexibility index (Phi) is 3.95. The maximum Gasteiger partial charge on any atom is 0.246 e. The van der Waals surface area contributed by atoms with Crippen molar-refractivity contribution >= 4 is 11.8 Å². The summed E-state index contributed by atoms with van der Waals surface area (Å²) in [6.07, 6.45) is 4.28. The highest BCUT2D eigenvalue weighted by molar-refractivity contribution is 5.97. The minimum atomic E-state index is -0.331. The Morgan fingerprint density at radius 3 is 2.48 bits per heavy atom. The van der Waals surface area contributed by atoms with Crippen molar-refractivity contribution in [2.24, 2.45) is 5.92 Å². The summed E-state index contributed by atoms with van der Waals surface area (Å²) in [7, 11) is 0. The van der Waals surface area contributed by atoms with Gasteiger partial charge < -0.3 is 10.2 Å². The summed E-state index contributed by atoms with van der Waals surface area (Å²) in [6, 6.07) is 0.320. The van der Waals surface area contributed by atoms with Gasteiger partial charge in [-0.3, -0.25) is 14.5 Å². The molecule has 3 rings (SSSR count). The van der Waals surface area contributed by atoms with Gasteiger partial charge in [0.2, 0.25) is 11.8 Å². The van der Waals surface area contributed by atoms with E-state index in [2.05, 4.69) is 10.2 Å². The predicted octanol–water partition coefficient (Wildman–Crippen LogP) is 0.985. The second-order valence-electron chi connectivity index (χ2n) is 7.07. The number of hydrogen-bond donors (Lipinski definition) is 1. The van der Waals surface area contributed by atoms with Crippen LogP contribution in [0.4, 0.5) is 0 Å². The first-order valence-corrected chi connectivity index (χ1v) is 8.39. The van der Waals surface area contributed by atoms with E-state index in [1.807, 2.05) is 25.7 Å². The summed E-state index contributed by atoms with van der Waals surface area (Å²) in [5.41, 5.74) is 0. The third-order valence-electron chi connectivity index (χ3n) is 5.13. The van der Waals surface area contributed by atoms with E-state index in [1.165, 1.54) is 12.8 Å². The van der Waals surface area contributed by atoms with E-state index in [-0.39, 0.29) is 35.9 Å². The van der Waals surface area contributed by atoms with E-state index in [1.54, 1.807) is 0 Å². The topological polar surface area (TPSA) is 52.7 Å². The van der Waals surface area contributed by atoms with Crippen molar-refractivity contribution in [3.05, 3.63) is 0 Å². The Balaban J connectivity index is 1.80. The highest BCUT2D eigenvalue weighted by atomic mass is 16.2. The van der Waals surface area contributed by atoms with Gasteiger partial charge in [0.25, 0.3) is 0 Å². The van der Waals surface area contributed by atoms with Crippen molar-refractivity contribution in [2.75, 3.05) is 13.1 Å². The Bertz CT molecular complexity index is 433. The van der Waals surface area contributed by atoms with Gasteiger partial charge in [0, 0.05) is 25.2 Å². The molecule has 21 heavy (non-hydrogen) atoms. The van der Waals surface area contributed by atoms with Gasteiger partial charge in [-0.25, -0.2) is 0 Å². The monoisotopic (exact) mass is 293 g/mol. The molecule has 0 spiro atoms. The molecule has 3 unspecified atom stereocenters. The molecule has 0 aromatic heterocycles. The molecule has 0 bridgehead atoms. The van der Waals surface area contributed by atoms with Crippen LogP contribution in [0.15, 0.2) is 0 Å². The zero-order valence-corrected chi connectivity index (χ0v) is 13.3. The third kappa shape index (κ3) is 2.68. The van der Waals surface area contributed by atoms with Crippen LogP contribution in [0, 0.1) is 5.92 Å². The largest absolute Gasteiger partial charge is 0.343 e. The lowest BCUT2D eigenvalue weighted by atomic mass is 9.94. The zero-order chi connectivity index (χ0) is 15.1. The maximum absolute atomic E-state index is 12.8. The van der Waals surface area contributed by atoms with Crippen LogP contribution in [0.25, 0.3) is 0 Å². The summed E-state index contributed by atoms with van der Waals surface area (Å²) in [5.74, 6) is 0.307. The van der Waals surface area contributed by atoms with Gasteiger partial charge in [-0.1, -0.05) is 20.8 Å². The lowest BCUT2D eigenvalue weighted by Gasteiger charge is -2.44. The summed E-state index contributed by atoms with van der Waals surface area (Å²) in [4.78, 5) is 29.6. The first-order valence-electron chi connectivity index (χ1n) is 8.39. The molecule has 2 heterocycles. The Morgan fingerprint density at radius 1 is 1.19 bits per heavy atom. The molecule has 3 fully saturated rings. The molecule has 118 valence electrons. The van der Waals surface area contributed by atoms with Crippen LogP contribution in [-0.2, 0) is 9.59 Å². The van der Waals surface area contributed by atoms with Gasteiger partial charge >= 0.3 is 0 Å². The number of hydrogen-bond acceptors (Lipinski definition) is 3. The second kappa shape index (κ2) is 5.59. The number of carbonyl (C=O) groups is 2. The molecule has 0 aromatic carbocycles. The van der Waals surface area contributed by atoms with Gasteiger partial charge in [0.1, 0.15) is 12.1 Å². The average molecular weight is 293 g/mol. The Labute approximate surface area is 127 Å². The van der Waals surface area contributed by atoms with E-state index in [0.29, 0.717) is 6.42 Å². The first-order chi connectivity index (χ1) is 10.0. The number of nitrogens with zero attached hydrogens (tertiary/aromatic N) is 2. The lowest BCUT2D eigenvalue weighted by Crippen LogP contribution is -2.67. The average Bonchev–Trinajstić information content (AvgIpc) is 3.18. The van der Waals surface area contributed by atoms with Gasteiger partial charge in [-0.15, -0.1) is 0 Å². The molecule has 3 aliphatic rings. The number of nitrogens with one attached hydrogen (secondary N) is 1. The molecule has 1 saturated carbocycles. The van der Waals surface area contributed by atoms with Gasteiger partial charge in [-0.2, -0.15) is 0 Å². The van der Waals surface area contributed by atoms with Crippen LogP contribution in [0.1, 0.15) is 46.5 Å². The van der Waals surface area contributed by atoms with Gasteiger partial charge in [-0.05, 0) is 31.6 Å². The molecule has 2 saturated heterocycles. The number of piperazine rings is 1. The van der Waals surface area contributed by atoms with Crippen LogP contribution in [0.5, 0.6) is 0 Å².